The lowest BCUT2D eigenvalue weighted by Gasteiger charge is -2.29. The van der Waals surface area contributed by atoms with Crippen molar-refractivity contribution in [3.8, 4) is 0 Å². The lowest BCUT2D eigenvalue weighted by Crippen LogP contribution is -2.55. The molecule has 10 heteroatoms. The quantitative estimate of drug-likeness (QED) is 0.406. The number of benzene rings is 1. The first-order valence-electron chi connectivity index (χ1n) is 10.4. The average Bonchev–Trinajstić information content (AvgIpc) is 2.78. The molecule has 8 nitrogen and oxygen atoms in total. The molecule has 0 saturated heterocycles. The highest BCUT2D eigenvalue weighted by Crippen LogP contribution is 2.12. The van der Waals surface area contributed by atoms with Crippen molar-refractivity contribution in [2.45, 2.75) is 38.9 Å². The second kappa shape index (κ2) is 12.1. The van der Waals surface area contributed by atoms with Crippen molar-refractivity contribution in [3.05, 3.63) is 59.3 Å². The lowest BCUT2D eigenvalue weighted by molar-refractivity contribution is -0.133. The molecule has 0 saturated carbocycles. The van der Waals surface area contributed by atoms with Crippen molar-refractivity contribution < 1.29 is 23.5 Å². The Morgan fingerprint density at radius 3 is 2.34 bits per heavy atom. The number of carbonyl (C=O) groups is 2. The van der Waals surface area contributed by atoms with E-state index in [1.807, 2.05) is 13.8 Å². The van der Waals surface area contributed by atoms with E-state index in [0.717, 1.165) is 12.1 Å². The van der Waals surface area contributed by atoms with Gasteiger partial charge in [-0.3, -0.25) is 14.5 Å². The van der Waals surface area contributed by atoms with Crippen LogP contribution in [0.1, 0.15) is 25.0 Å². The number of likely N-dealkylation sites (N-methyl/N-ethyl adjacent to an activating group) is 1. The second-order valence-electron chi connectivity index (χ2n) is 7.24. The number of aliphatic hydroxyl groups is 1. The van der Waals surface area contributed by atoms with Gasteiger partial charge in [-0.1, -0.05) is 26.0 Å². The third kappa shape index (κ3) is 6.96. The molecule has 2 amide bonds. The van der Waals surface area contributed by atoms with Crippen LogP contribution in [0.5, 0.6) is 0 Å². The van der Waals surface area contributed by atoms with Crippen LogP contribution in [0.25, 0.3) is 0 Å². The Kier molecular flexibility index (Phi) is 9.48. The van der Waals surface area contributed by atoms with Crippen LogP contribution in [-0.4, -0.2) is 58.6 Å². The summed E-state index contributed by atoms with van der Waals surface area (Å²) < 4.78 is 26.9. The number of pyridine rings is 1. The zero-order valence-electron chi connectivity index (χ0n) is 18.1. The van der Waals surface area contributed by atoms with Crippen LogP contribution in [0.4, 0.5) is 14.6 Å². The van der Waals surface area contributed by atoms with Gasteiger partial charge in [0.1, 0.15) is 17.9 Å². The number of aromatic nitrogens is 1. The van der Waals surface area contributed by atoms with E-state index < -0.39 is 42.1 Å². The van der Waals surface area contributed by atoms with E-state index in [2.05, 4.69) is 15.6 Å². The van der Waals surface area contributed by atoms with Gasteiger partial charge < -0.3 is 21.5 Å². The van der Waals surface area contributed by atoms with Crippen LogP contribution < -0.4 is 16.4 Å². The van der Waals surface area contributed by atoms with E-state index in [1.165, 1.54) is 12.3 Å². The summed E-state index contributed by atoms with van der Waals surface area (Å²) >= 11 is 0. The van der Waals surface area contributed by atoms with Gasteiger partial charge in [0, 0.05) is 19.2 Å². The highest BCUT2D eigenvalue weighted by Gasteiger charge is 2.28. The number of nitrogen functional groups attached to an aromatic ring is 1. The maximum absolute atomic E-state index is 13.7. The van der Waals surface area contributed by atoms with E-state index in [-0.39, 0.29) is 13.0 Å². The van der Waals surface area contributed by atoms with Crippen LogP contribution in [0.3, 0.4) is 0 Å². The van der Waals surface area contributed by atoms with Gasteiger partial charge in [0.25, 0.3) is 0 Å². The van der Waals surface area contributed by atoms with Crippen LogP contribution in [-0.2, 0) is 22.6 Å². The molecule has 0 fully saturated rings. The maximum atomic E-state index is 13.7. The number of amides is 2. The minimum Gasteiger partial charge on any atom is -0.394 e. The molecule has 0 unspecified atom stereocenters. The van der Waals surface area contributed by atoms with Crippen molar-refractivity contribution in [3.63, 3.8) is 0 Å². The summed E-state index contributed by atoms with van der Waals surface area (Å²) in [7, 11) is 0. The standard InChI is InChI=1S/C22H29F2N5O3/c1-3-29(4-2)19(13-30)22(32)28-18(10-14-5-7-16(23)17(24)9-14)21(31)27-12-15-6-8-20(25)26-11-15/h5-9,11,18-19,30H,3-4,10,12-13H2,1-2H3,(H2,25,26)(H,27,31)(H,28,32)/t18-,19-/m0/s1. The van der Waals surface area contributed by atoms with Crippen LogP contribution >= 0.6 is 0 Å². The molecule has 0 aliphatic carbocycles. The zero-order chi connectivity index (χ0) is 23.7. The molecule has 2 atom stereocenters. The first kappa shape index (κ1) is 25.2. The minimum atomic E-state index is -1.07. The molecule has 2 rings (SSSR count). The maximum Gasteiger partial charge on any atom is 0.243 e. The third-order valence-electron chi connectivity index (χ3n) is 5.10. The molecule has 32 heavy (non-hydrogen) atoms. The van der Waals surface area contributed by atoms with Gasteiger partial charge in [-0.15, -0.1) is 0 Å². The number of aliphatic hydroxyl groups excluding tert-OH is 1. The Morgan fingerprint density at radius 1 is 1.09 bits per heavy atom. The SMILES string of the molecule is CCN(CC)[C@@H](CO)C(=O)N[C@@H](Cc1ccc(F)c(F)c1)C(=O)NCc1ccc(N)nc1. The molecule has 0 spiro atoms. The smallest absolute Gasteiger partial charge is 0.243 e. The molecule has 0 aliphatic heterocycles. The minimum absolute atomic E-state index is 0.0643. The van der Waals surface area contributed by atoms with Gasteiger partial charge in [-0.25, -0.2) is 13.8 Å². The van der Waals surface area contributed by atoms with Gasteiger partial charge in [0.05, 0.1) is 6.61 Å². The zero-order valence-corrected chi connectivity index (χ0v) is 18.1. The fourth-order valence-corrected chi connectivity index (χ4v) is 3.26. The molecular weight excluding hydrogens is 420 g/mol. The lowest BCUT2D eigenvalue weighted by atomic mass is 10.0. The van der Waals surface area contributed by atoms with Crippen molar-refractivity contribution >= 4 is 17.6 Å². The van der Waals surface area contributed by atoms with E-state index in [1.54, 1.807) is 17.0 Å². The molecule has 2 aromatic rings. The Labute approximate surface area is 185 Å². The summed E-state index contributed by atoms with van der Waals surface area (Å²) in [4.78, 5) is 31.4. The van der Waals surface area contributed by atoms with Crippen LogP contribution in [0.2, 0.25) is 0 Å². The largest absolute Gasteiger partial charge is 0.394 e. The van der Waals surface area contributed by atoms with Gasteiger partial charge in [-0.2, -0.15) is 0 Å². The van der Waals surface area contributed by atoms with Gasteiger partial charge in [0.2, 0.25) is 11.8 Å². The summed E-state index contributed by atoms with van der Waals surface area (Å²) in [6.07, 6.45) is 1.45. The van der Waals surface area contributed by atoms with Crippen molar-refractivity contribution in [1.82, 2.24) is 20.5 Å². The first-order valence-corrected chi connectivity index (χ1v) is 10.4. The number of carbonyl (C=O) groups excluding carboxylic acids is 2. The number of hydrogen-bond acceptors (Lipinski definition) is 6. The van der Waals surface area contributed by atoms with Gasteiger partial charge >= 0.3 is 0 Å². The Hall–Kier alpha value is -3.11. The Morgan fingerprint density at radius 2 is 1.78 bits per heavy atom. The summed E-state index contributed by atoms with van der Waals surface area (Å²) in [5.74, 6) is -2.76. The molecule has 1 heterocycles. The third-order valence-corrected chi connectivity index (χ3v) is 5.10. The predicted octanol–water partition coefficient (Wildman–Crippen LogP) is 0.988. The highest BCUT2D eigenvalue weighted by atomic mass is 19.2. The summed E-state index contributed by atoms with van der Waals surface area (Å²) in [5, 5.41) is 15.0. The fraction of sp³-hybridized carbons (Fsp3) is 0.409. The molecule has 1 aromatic carbocycles. The molecule has 0 bridgehead atoms. The monoisotopic (exact) mass is 449 g/mol. The number of halogens is 2. The van der Waals surface area contributed by atoms with E-state index in [9.17, 15) is 23.5 Å². The van der Waals surface area contributed by atoms with E-state index >= 15 is 0 Å². The van der Waals surface area contributed by atoms with Gasteiger partial charge in [0.15, 0.2) is 11.6 Å². The highest BCUT2D eigenvalue weighted by molar-refractivity contribution is 5.90. The predicted molar refractivity (Wildman–Crippen MR) is 116 cm³/mol. The molecular formula is C22H29F2N5O3. The topological polar surface area (TPSA) is 121 Å². The Bertz CT molecular complexity index is 907. The summed E-state index contributed by atoms with van der Waals surface area (Å²) in [6, 6.07) is 4.69. The molecule has 1 aromatic heterocycles. The molecule has 5 N–H and O–H groups in total. The molecule has 0 aliphatic rings. The second-order valence-corrected chi connectivity index (χ2v) is 7.24. The van der Waals surface area contributed by atoms with Crippen molar-refractivity contribution in [2.24, 2.45) is 0 Å². The Balaban J connectivity index is 2.18. The van der Waals surface area contributed by atoms with Crippen molar-refractivity contribution in [1.29, 1.82) is 0 Å². The van der Waals surface area contributed by atoms with Crippen molar-refractivity contribution in [2.75, 3.05) is 25.4 Å². The number of nitrogens with one attached hydrogen (secondary N) is 2. The number of anilines is 1. The van der Waals surface area contributed by atoms with Crippen LogP contribution in [0.15, 0.2) is 36.5 Å². The van der Waals surface area contributed by atoms with E-state index in [0.29, 0.717) is 30.0 Å². The van der Waals surface area contributed by atoms with Gasteiger partial charge in [-0.05, 0) is 42.4 Å². The first-order chi connectivity index (χ1) is 15.3. The normalized spacial score (nSPS) is 12.9. The molecule has 0 radical (unpaired) electrons. The number of nitrogens with zero attached hydrogens (tertiary/aromatic N) is 2. The summed E-state index contributed by atoms with van der Waals surface area (Å²) in [6.45, 7) is 4.47. The van der Waals surface area contributed by atoms with E-state index in [4.69, 9.17) is 5.73 Å². The fourth-order valence-electron chi connectivity index (χ4n) is 3.26. The molecule has 174 valence electrons. The number of hydrogen-bond donors (Lipinski definition) is 4. The average molecular weight is 450 g/mol. The van der Waals surface area contributed by atoms with Crippen LogP contribution in [0, 0.1) is 11.6 Å². The number of rotatable bonds is 11. The summed E-state index contributed by atoms with van der Waals surface area (Å²) in [5.41, 5.74) is 6.59. The number of nitrogens with two attached hydrogens (primary N) is 1.